The number of carbonyl (C=O) groups excluding carboxylic acids is 1. The average Bonchev–Trinajstić information content (AvgIpc) is 2.56. The molecule has 0 aliphatic carbocycles. The molecular formula is C21H30O3. The van der Waals surface area contributed by atoms with Gasteiger partial charge in [-0.1, -0.05) is 44.8 Å². The van der Waals surface area contributed by atoms with Crippen LogP contribution in [0.4, 0.5) is 0 Å². The van der Waals surface area contributed by atoms with Crippen molar-refractivity contribution in [2.24, 2.45) is 0 Å². The van der Waals surface area contributed by atoms with Gasteiger partial charge >= 0.3 is 5.97 Å². The third-order valence-electron chi connectivity index (χ3n) is 4.36. The molecule has 0 spiro atoms. The Morgan fingerprint density at radius 2 is 2.08 bits per heavy atom. The Hall–Kier alpha value is -1.77. The summed E-state index contributed by atoms with van der Waals surface area (Å²) in [7, 11) is 0. The Bertz CT molecular complexity index is 548. The van der Waals surface area contributed by atoms with E-state index in [1.54, 1.807) is 6.07 Å². The third-order valence-corrected chi connectivity index (χ3v) is 4.36. The second kappa shape index (κ2) is 10.2. The van der Waals surface area contributed by atoms with Crippen molar-refractivity contribution in [1.82, 2.24) is 0 Å². The normalized spacial score (nSPS) is 16.7. The third kappa shape index (κ3) is 6.38. The molecule has 1 heterocycles. The van der Waals surface area contributed by atoms with Crippen LogP contribution in [0.2, 0.25) is 0 Å². The second-order valence-electron chi connectivity index (χ2n) is 6.55. The highest BCUT2D eigenvalue weighted by Crippen LogP contribution is 2.32. The van der Waals surface area contributed by atoms with Crippen LogP contribution in [-0.2, 0) is 11.2 Å². The number of rotatable bonds is 9. The number of esters is 1. The molecule has 0 radical (unpaired) electrons. The first-order chi connectivity index (χ1) is 11.7. The van der Waals surface area contributed by atoms with Gasteiger partial charge in [-0.3, -0.25) is 4.79 Å². The zero-order chi connectivity index (χ0) is 17.2. The lowest BCUT2D eigenvalue weighted by Crippen LogP contribution is -2.22. The fourth-order valence-electron chi connectivity index (χ4n) is 3.05. The summed E-state index contributed by atoms with van der Waals surface area (Å²) < 4.78 is 11.2. The molecule has 132 valence electrons. The van der Waals surface area contributed by atoms with Crippen LogP contribution in [0.3, 0.4) is 0 Å². The number of hydrogen-bond acceptors (Lipinski definition) is 3. The van der Waals surface area contributed by atoms with Gasteiger partial charge in [0.25, 0.3) is 0 Å². The van der Waals surface area contributed by atoms with Crippen molar-refractivity contribution in [2.45, 2.75) is 77.7 Å². The van der Waals surface area contributed by atoms with E-state index in [9.17, 15) is 4.79 Å². The molecule has 0 fully saturated rings. The van der Waals surface area contributed by atoms with E-state index in [1.807, 2.05) is 12.1 Å². The summed E-state index contributed by atoms with van der Waals surface area (Å²) in [5.41, 5.74) is 1.13. The van der Waals surface area contributed by atoms with E-state index in [2.05, 4.69) is 19.1 Å². The zero-order valence-electron chi connectivity index (χ0n) is 15.1. The van der Waals surface area contributed by atoms with Gasteiger partial charge in [0.2, 0.25) is 0 Å². The molecule has 2 rings (SSSR count). The lowest BCUT2D eigenvalue weighted by molar-refractivity contribution is -0.131. The molecule has 1 aliphatic heterocycles. The number of hydrogen-bond donors (Lipinski definition) is 0. The summed E-state index contributed by atoms with van der Waals surface area (Å²) in [6, 6.07) is 5.63. The molecule has 24 heavy (non-hydrogen) atoms. The van der Waals surface area contributed by atoms with Gasteiger partial charge in [0.1, 0.15) is 17.6 Å². The molecule has 0 unspecified atom stereocenters. The number of benzene rings is 1. The quantitative estimate of drug-likeness (QED) is 0.255. The maximum absolute atomic E-state index is 11.0. The molecule has 0 aromatic heterocycles. The van der Waals surface area contributed by atoms with Crippen molar-refractivity contribution in [3.8, 4) is 11.5 Å². The topological polar surface area (TPSA) is 35.5 Å². The molecule has 1 atom stereocenters. The van der Waals surface area contributed by atoms with Gasteiger partial charge in [0.05, 0.1) is 0 Å². The van der Waals surface area contributed by atoms with Crippen LogP contribution in [0.25, 0.3) is 0 Å². The van der Waals surface area contributed by atoms with Crippen molar-refractivity contribution in [3.63, 3.8) is 0 Å². The number of ether oxygens (including phenoxy) is 2. The highest BCUT2D eigenvalue weighted by Gasteiger charge is 2.19. The minimum absolute atomic E-state index is 0.258. The lowest BCUT2D eigenvalue weighted by Gasteiger charge is -2.25. The van der Waals surface area contributed by atoms with Gasteiger partial charge < -0.3 is 9.47 Å². The summed E-state index contributed by atoms with van der Waals surface area (Å²) in [6.45, 7) is 3.67. The predicted octanol–water partition coefficient (Wildman–Crippen LogP) is 5.61. The Labute approximate surface area is 146 Å². The molecule has 3 nitrogen and oxygen atoms in total. The Morgan fingerprint density at radius 3 is 2.88 bits per heavy atom. The lowest BCUT2D eigenvalue weighted by atomic mass is 10.00. The van der Waals surface area contributed by atoms with Crippen molar-refractivity contribution >= 4 is 5.97 Å². The number of carbonyl (C=O) groups is 1. The van der Waals surface area contributed by atoms with E-state index in [4.69, 9.17) is 9.47 Å². The number of unbranched alkanes of at least 4 members (excludes halogenated alkanes) is 5. The largest absolute Gasteiger partial charge is 0.490 e. The fourth-order valence-corrected chi connectivity index (χ4v) is 3.05. The van der Waals surface area contributed by atoms with Crippen molar-refractivity contribution in [2.75, 3.05) is 0 Å². The second-order valence-corrected chi connectivity index (χ2v) is 6.55. The first-order valence-corrected chi connectivity index (χ1v) is 9.32. The molecule has 0 saturated heterocycles. The first kappa shape index (κ1) is 18.6. The van der Waals surface area contributed by atoms with Crippen LogP contribution in [-0.4, -0.2) is 12.1 Å². The van der Waals surface area contributed by atoms with Crippen LogP contribution in [0, 0.1) is 0 Å². The summed E-state index contributed by atoms with van der Waals surface area (Å²) >= 11 is 0. The number of allylic oxidation sites excluding steroid dienone is 1. The van der Waals surface area contributed by atoms with Crippen LogP contribution in [0.15, 0.2) is 30.4 Å². The number of fused-ring (bicyclic) bond motifs is 1. The van der Waals surface area contributed by atoms with Gasteiger partial charge in [-0.15, -0.1) is 0 Å². The first-order valence-electron chi connectivity index (χ1n) is 9.32. The van der Waals surface area contributed by atoms with Gasteiger partial charge in [-0.25, -0.2) is 0 Å². The minimum Gasteiger partial charge on any atom is -0.490 e. The molecule has 1 aliphatic rings. The summed E-state index contributed by atoms with van der Waals surface area (Å²) in [5, 5.41) is 0. The molecule has 1 aromatic rings. The maximum atomic E-state index is 11.0. The van der Waals surface area contributed by atoms with Gasteiger partial charge in [-0.05, 0) is 49.4 Å². The van der Waals surface area contributed by atoms with E-state index >= 15 is 0 Å². The van der Waals surface area contributed by atoms with Crippen LogP contribution >= 0.6 is 0 Å². The maximum Gasteiger partial charge on any atom is 0.308 e. The fraction of sp³-hybridized carbons (Fsp3) is 0.571. The monoisotopic (exact) mass is 330 g/mol. The Kier molecular flexibility index (Phi) is 7.87. The number of aryl methyl sites for hydroxylation is 1. The van der Waals surface area contributed by atoms with E-state index in [0.717, 1.165) is 30.6 Å². The van der Waals surface area contributed by atoms with Gasteiger partial charge in [0.15, 0.2) is 0 Å². The van der Waals surface area contributed by atoms with E-state index < -0.39 is 0 Å². The highest BCUT2D eigenvalue weighted by molar-refractivity contribution is 5.69. The highest BCUT2D eigenvalue weighted by atomic mass is 16.5. The van der Waals surface area contributed by atoms with Crippen LogP contribution in [0.1, 0.15) is 70.8 Å². The van der Waals surface area contributed by atoms with Crippen LogP contribution < -0.4 is 9.47 Å². The Morgan fingerprint density at radius 1 is 1.25 bits per heavy atom. The van der Waals surface area contributed by atoms with E-state index in [0.29, 0.717) is 5.75 Å². The molecule has 3 heteroatoms. The van der Waals surface area contributed by atoms with E-state index in [-0.39, 0.29) is 12.1 Å². The van der Waals surface area contributed by atoms with Crippen molar-refractivity contribution in [1.29, 1.82) is 0 Å². The minimum atomic E-state index is -0.288. The zero-order valence-corrected chi connectivity index (χ0v) is 15.1. The van der Waals surface area contributed by atoms with Crippen molar-refractivity contribution in [3.05, 3.63) is 35.9 Å². The molecule has 0 amide bonds. The molecule has 0 bridgehead atoms. The summed E-state index contributed by atoms with van der Waals surface area (Å²) in [6.07, 6.45) is 15.6. The average molecular weight is 330 g/mol. The molecular weight excluding hydrogens is 300 g/mol. The standard InChI is InChI=1S/C21H30O3/c1-3-4-5-6-7-8-9-10-11-19-13-12-18-16-20(23-17(2)22)14-15-21(18)24-19/h9-10,14-16,19H,3-8,11-13H2,1-2H3/b10-9+/t19-/m1/s1. The van der Waals surface area contributed by atoms with Crippen molar-refractivity contribution < 1.29 is 14.3 Å². The summed E-state index contributed by atoms with van der Waals surface area (Å²) in [4.78, 5) is 11.0. The molecule has 0 saturated carbocycles. The van der Waals surface area contributed by atoms with Crippen LogP contribution in [0.5, 0.6) is 11.5 Å². The predicted molar refractivity (Wildman–Crippen MR) is 97.6 cm³/mol. The van der Waals surface area contributed by atoms with Gasteiger partial charge in [-0.2, -0.15) is 0 Å². The molecule has 0 N–H and O–H groups in total. The smallest absolute Gasteiger partial charge is 0.308 e. The van der Waals surface area contributed by atoms with Gasteiger partial charge in [0, 0.05) is 13.3 Å². The summed E-state index contributed by atoms with van der Waals surface area (Å²) in [5.74, 6) is 1.24. The SMILES string of the molecule is CCCCCCC/C=C/C[C@@H]1CCc2cc(OC(C)=O)ccc2O1. The Balaban J connectivity index is 1.72. The van der Waals surface area contributed by atoms with E-state index in [1.165, 1.54) is 45.4 Å². The molecule has 1 aromatic carbocycles.